The molecular weight excluding hydrogens is 909 g/mol. The van der Waals surface area contributed by atoms with E-state index in [9.17, 15) is 24.0 Å². The summed E-state index contributed by atoms with van der Waals surface area (Å²) in [5.74, 6) is 3.96. The second kappa shape index (κ2) is 24.1. The maximum Gasteiger partial charge on any atom is 0.298 e. The molecular formula is C57H82N8O7. The van der Waals surface area contributed by atoms with Crippen molar-refractivity contribution in [1.82, 2.24) is 40.0 Å². The molecule has 2 saturated heterocycles. The fraction of sp³-hybridized carbons (Fsp3) is 0.544. The van der Waals surface area contributed by atoms with Gasteiger partial charge in [-0.3, -0.25) is 38.9 Å². The van der Waals surface area contributed by atoms with E-state index in [2.05, 4.69) is 84.3 Å². The van der Waals surface area contributed by atoms with Crippen LogP contribution >= 0.6 is 0 Å². The molecule has 0 saturated carbocycles. The van der Waals surface area contributed by atoms with Crippen molar-refractivity contribution < 1.29 is 36.3 Å². The normalized spacial score (nSPS) is 16.6. The minimum absolute atomic E-state index is 0. The first-order valence-electron chi connectivity index (χ1n) is 25.7. The third-order valence-electron chi connectivity index (χ3n) is 14.5. The number of aromatic nitrogens is 2. The van der Waals surface area contributed by atoms with Crippen molar-refractivity contribution in [3.63, 3.8) is 0 Å². The molecule has 15 heteroatoms. The molecule has 15 nitrogen and oxygen atoms in total. The molecule has 2 fully saturated rings. The summed E-state index contributed by atoms with van der Waals surface area (Å²) in [4.78, 5) is 78.0. The zero-order valence-corrected chi connectivity index (χ0v) is 44.8. The number of aryl methyl sites for hydroxylation is 1. The highest BCUT2D eigenvalue weighted by atomic mass is 16.5. The van der Waals surface area contributed by atoms with Crippen molar-refractivity contribution >= 4 is 41.0 Å². The standard InChI is InChI=1S/C57H78N8O7.2H2/c1-13-62(49(67)24-26-57(8,9)61(10)11)35-43-25-30-64(54(43)69)51(38(3)4)53(68)60-47(55(70)65-29-16-15-28-59-65)32-40-19-17-20-41(31-40)42-22-23-48-45(33-42)46(34-56(6,7)36-72-37-66)52(63(48)14-2)44-21-18-27-58-50(44)39(5)71-12;;/h17-23,27,31,33,37-39,43,47,51,59H,13-16,25,28-30,32,34-36H2,1-12H3,(H,60,68);2*1H/t39-,43-,47-,51-;;/m0../s1. The molecule has 0 spiro atoms. The lowest BCUT2D eigenvalue weighted by molar-refractivity contribution is -0.144. The van der Waals surface area contributed by atoms with Crippen LogP contribution in [0.15, 0.2) is 60.8 Å². The Kier molecular flexibility index (Phi) is 18.5. The third-order valence-corrected chi connectivity index (χ3v) is 14.5. The SMILES string of the molecule is CCN(C[C@@H]1CCN([C@H](C(=O)N[C@@H](Cc2cccc(-c3ccc4c(c3)c(CC(C)(C)COC=O)c(-c3cccnc3[C@H](C)OC)n4CC)c2)C(=O)N2CCCCN2)C(C)C)C1=O)C(=O)C#CC(C)(C)N(C)C.[HH].[HH]. The molecule has 2 aromatic carbocycles. The molecule has 4 amide bonds. The predicted octanol–water partition coefficient (Wildman–Crippen LogP) is 7.55. The topological polar surface area (TPSA) is 159 Å². The van der Waals surface area contributed by atoms with Crippen molar-refractivity contribution in [2.45, 2.75) is 125 Å². The summed E-state index contributed by atoms with van der Waals surface area (Å²) in [5, 5.41) is 5.82. The van der Waals surface area contributed by atoms with Gasteiger partial charge in [0.05, 0.1) is 35.6 Å². The van der Waals surface area contributed by atoms with Crippen LogP contribution in [0.5, 0.6) is 0 Å². The van der Waals surface area contributed by atoms with E-state index in [4.69, 9.17) is 14.5 Å². The lowest BCUT2D eigenvalue weighted by Crippen LogP contribution is -2.59. The molecule has 2 aliphatic rings. The Labute approximate surface area is 430 Å². The Morgan fingerprint density at radius 1 is 1.01 bits per heavy atom. The number of nitrogens with zero attached hydrogens (tertiary/aromatic N) is 6. The second-order valence-corrected chi connectivity index (χ2v) is 21.2. The average molecular weight is 991 g/mol. The molecule has 2 aromatic heterocycles. The van der Waals surface area contributed by atoms with Crippen LogP contribution in [0, 0.1) is 29.1 Å². The van der Waals surface area contributed by atoms with Gasteiger partial charge in [-0.15, -0.1) is 0 Å². The molecule has 2 aliphatic heterocycles. The number of hydrogen-bond donors (Lipinski definition) is 2. The number of likely N-dealkylation sites (tertiary alicyclic amines) is 1. The van der Waals surface area contributed by atoms with Crippen LogP contribution in [0.4, 0.5) is 0 Å². The van der Waals surface area contributed by atoms with Gasteiger partial charge in [-0.25, -0.2) is 5.43 Å². The first kappa shape index (κ1) is 55.2. The summed E-state index contributed by atoms with van der Waals surface area (Å²) in [6.45, 7) is 21.5. The van der Waals surface area contributed by atoms with Crippen molar-refractivity contribution in [3.8, 4) is 34.2 Å². The van der Waals surface area contributed by atoms with Gasteiger partial charge < -0.3 is 29.2 Å². The van der Waals surface area contributed by atoms with E-state index >= 15 is 0 Å². The molecule has 0 unspecified atom stereocenters. The highest BCUT2D eigenvalue weighted by molar-refractivity contribution is 5.97. The van der Waals surface area contributed by atoms with E-state index in [1.165, 1.54) is 0 Å². The van der Waals surface area contributed by atoms with E-state index < -0.39 is 34.9 Å². The van der Waals surface area contributed by atoms with Crippen LogP contribution in [-0.2, 0) is 52.8 Å². The summed E-state index contributed by atoms with van der Waals surface area (Å²) in [7, 11) is 5.50. The first-order valence-corrected chi connectivity index (χ1v) is 25.7. The van der Waals surface area contributed by atoms with Crippen LogP contribution in [0.1, 0.15) is 107 Å². The minimum Gasteiger partial charge on any atom is -0.467 e. The Balaban J connectivity index is 0.00000593. The molecule has 0 radical (unpaired) electrons. The van der Waals surface area contributed by atoms with Gasteiger partial charge in [0.15, 0.2) is 0 Å². The van der Waals surface area contributed by atoms with Crippen LogP contribution in [0.2, 0.25) is 0 Å². The number of fused-ring (bicyclic) bond motifs is 1. The smallest absolute Gasteiger partial charge is 0.298 e. The number of rotatable bonds is 21. The van der Waals surface area contributed by atoms with Crippen molar-refractivity contribution in [2.24, 2.45) is 17.3 Å². The molecule has 72 heavy (non-hydrogen) atoms. The van der Waals surface area contributed by atoms with Crippen LogP contribution < -0.4 is 10.7 Å². The summed E-state index contributed by atoms with van der Waals surface area (Å²) in [6.07, 6.45) is 4.62. The first-order chi connectivity index (χ1) is 34.2. The van der Waals surface area contributed by atoms with Crippen molar-refractivity contribution in [3.05, 3.63) is 77.6 Å². The van der Waals surface area contributed by atoms with Gasteiger partial charge in [0.25, 0.3) is 18.3 Å². The molecule has 2 N–H and O–H groups in total. The van der Waals surface area contributed by atoms with E-state index in [1.807, 2.05) is 78.7 Å². The van der Waals surface area contributed by atoms with Gasteiger partial charge >= 0.3 is 0 Å². The Morgan fingerprint density at radius 2 is 1.76 bits per heavy atom. The zero-order chi connectivity index (χ0) is 52.5. The van der Waals surface area contributed by atoms with Gasteiger partial charge in [0.1, 0.15) is 12.1 Å². The molecule has 4 aromatic rings. The van der Waals surface area contributed by atoms with Gasteiger partial charge in [-0.1, -0.05) is 63.9 Å². The summed E-state index contributed by atoms with van der Waals surface area (Å²) in [5.41, 5.74) is 10.1. The quantitative estimate of drug-likeness (QED) is 0.0631. The number of amides is 4. The van der Waals surface area contributed by atoms with Crippen LogP contribution in [0.3, 0.4) is 0 Å². The Hall–Kier alpha value is -6.08. The summed E-state index contributed by atoms with van der Waals surface area (Å²) < 4.78 is 13.5. The Bertz CT molecular complexity index is 2650. The maximum atomic E-state index is 14.6. The molecule has 392 valence electrons. The van der Waals surface area contributed by atoms with E-state index in [0.717, 1.165) is 62.9 Å². The molecule has 4 heterocycles. The van der Waals surface area contributed by atoms with Gasteiger partial charge in [0.2, 0.25) is 11.8 Å². The molecule has 0 bridgehead atoms. The van der Waals surface area contributed by atoms with E-state index in [1.54, 1.807) is 28.1 Å². The van der Waals surface area contributed by atoms with Gasteiger partial charge in [-0.2, -0.15) is 0 Å². The van der Waals surface area contributed by atoms with Crippen molar-refractivity contribution in [2.75, 3.05) is 60.5 Å². The Morgan fingerprint density at radius 3 is 2.42 bits per heavy atom. The second-order valence-electron chi connectivity index (χ2n) is 21.2. The van der Waals surface area contributed by atoms with Crippen molar-refractivity contribution in [1.29, 1.82) is 0 Å². The van der Waals surface area contributed by atoms with Crippen LogP contribution in [0.25, 0.3) is 33.3 Å². The lowest BCUT2D eigenvalue weighted by Gasteiger charge is -2.34. The summed E-state index contributed by atoms with van der Waals surface area (Å²) in [6, 6.07) is 16.9. The monoisotopic (exact) mass is 991 g/mol. The number of methoxy groups -OCH3 is 1. The number of hydrogen-bond acceptors (Lipinski definition) is 10. The highest BCUT2D eigenvalue weighted by Gasteiger charge is 2.42. The maximum absolute atomic E-state index is 14.6. The van der Waals surface area contributed by atoms with Gasteiger partial charge in [-0.05, 0) is 133 Å². The fourth-order valence-corrected chi connectivity index (χ4v) is 9.93. The molecule has 6 rings (SSSR count). The number of pyridine rings is 1. The number of carbonyl (C=O) groups is 5. The largest absolute Gasteiger partial charge is 0.467 e. The number of ether oxygens (including phenoxy) is 2. The summed E-state index contributed by atoms with van der Waals surface area (Å²) >= 11 is 0. The average Bonchev–Trinajstić information content (AvgIpc) is 3.87. The zero-order valence-electron chi connectivity index (χ0n) is 44.8. The number of carbonyl (C=O) groups excluding carboxylic acids is 5. The predicted molar refractivity (Wildman–Crippen MR) is 286 cm³/mol. The van der Waals surface area contributed by atoms with Gasteiger partial charge in [0, 0.05) is 83.7 Å². The van der Waals surface area contributed by atoms with E-state index in [0.29, 0.717) is 52.0 Å². The minimum atomic E-state index is -0.930. The molecule has 4 atom stereocenters. The highest BCUT2D eigenvalue weighted by Crippen LogP contribution is 2.42. The number of hydrazine groups is 1. The molecule has 0 aliphatic carbocycles. The lowest BCUT2D eigenvalue weighted by atomic mass is 9.84. The third kappa shape index (κ3) is 12.7. The fourth-order valence-electron chi connectivity index (χ4n) is 9.93. The van der Waals surface area contributed by atoms with E-state index in [-0.39, 0.29) is 52.2 Å². The number of nitrogens with one attached hydrogen (secondary N) is 2. The number of benzene rings is 2. The van der Waals surface area contributed by atoms with Crippen LogP contribution in [-0.4, -0.2) is 138 Å².